The van der Waals surface area contributed by atoms with Gasteiger partial charge in [-0.2, -0.15) is 0 Å². The number of benzene rings is 1. The molecule has 0 bridgehead atoms. The molecule has 0 aliphatic carbocycles. The number of aromatic nitrogens is 3. The van der Waals surface area contributed by atoms with Crippen LogP contribution in [0.3, 0.4) is 0 Å². The number of pyridine rings is 1. The lowest BCUT2D eigenvalue weighted by Crippen LogP contribution is -2.45. The molecular formula is C22H23BF2N6O3. The summed E-state index contributed by atoms with van der Waals surface area (Å²) in [6.07, 6.45) is 5.89. The highest BCUT2D eigenvalue weighted by molar-refractivity contribution is 6.45. The molecule has 3 N–H and O–H groups in total. The number of ether oxygens (including phenoxy) is 1. The van der Waals surface area contributed by atoms with E-state index in [1.807, 2.05) is 4.81 Å². The number of carbonyl (C=O) groups excluding carboxylic acids is 1. The number of amides is 1. The van der Waals surface area contributed by atoms with Crippen LogP contribution in [-0.2, 0) is 0 Å². The fraction of sp³-hybridized carbons (Fsp3) is 0.273. The Labute approximate surface area is 195 Å². The molecule has 4 rings (SSSR count). The predicted molar refractivity (Wildman–Crippen MR) is 123 cm³/mol. The molecule has 0 radical (unpaired) electrons. The van der Waals surface area contributed by atoms with Gasteiger partial charge in [0.1, 0.15) is 18.1 Å². The predicted octanol–water partition coefficient (Wildman–Crippen LogP) is 3.10. The Hall–Kier alpha value is -3.64. The zero-order valence-corrected chi connectivity index (χ0v) is 18.4. The van der Waals surface area contributed by atoms with Crippen LogP contribution in [0.1, 0.15) is 23.2 Å². The summed E-state index contributed by atoms with van der Waals surface area (Å²) in [6.45, 7) is 3.27. The second-order valence-corrected chi connectivity index (χ2v) is 7.86. The Bertz CT molecular complexity index is 1140. The van der Waals surface area contributed by atoms with Crippen LogP contribution < -0.4 is 15.4 Å². The molecule has 0 spiro atoms. The molecule has 1 aliphatic heterocycles. The van der Waals surface area contributed by atoms with E-state index in [1.54, 1.807) is 25.2 Å². The molecule has 0 atom stereocenters. The zero-order chi connectivity index (χ0) is 24.1. The van der Waals surface area contributed by atoms with E-state index in [0.29, 0.717) is 17.4 Å². The lowest BCUT2D eigenvalue weighted by Gasteiger charge is -2.32. The van der Waals surface area contributed by atoms with Gasteiger partial charge < -0.3 is 25.2 Å². The SMILES string of the molecule is CB(O)N1CCC(Oc2ccc(Nc3ncncc3NC(=O)c3ccc(F)c(F)c3)cn2)CC1. The maximum absolute atomic E-state index is 13.5. The Morgan fingerprint density at radius 3 is 2.62 bits per heavy atom. The molecule has 3 aromatic rings. The molecule has 1 amide bonds. The molecule has 176 valence electrons. The number of nitrogens with one attached hydrogen (secondary N) is 2. The third-order valence-electron chi connectivity index (χ3n) is 5.43. The van der Waals surface area contributed by atoms with Crippen LogP contribution in [0.15, 0.2) is 49.1 Å². The topological polar surface area (TPSA) is 113 Å². The second kappa shape index (κ2) is 10.5. The molecular weight excluding hydrogens is 445 g/mol. The van der Waals surface area contributed by atoms with Crippen molar-refractivity contribution in [3.63, 3.8) is 0 Å². The first-order valence-electron chi connectivity index (χ1n) is 10.8. The summed E-state index contributed by atoms with van der Waals surface area (Å²) in [6, 6.07) is 6.37. The number of anilines is 3. The van der Waals surface area contributed by atoms with Gasteiger partial charge in [-0.25, -0.2) is 23.7 Å². The van der Waals surface area contributed by atoms with Crippen LogP contribution in [-0.4, -0.2) is 56.9 Å². The summed E-state index contributed by atoms with van der Waals surface area (Å²) in [5.74, 6) is -2.01. The third-order valence-corrected chi connectivity index (χ3v) is 5.43. The zero-order valence-electron chi connectivity index (χ0n) is 18.4. The highest BCUT2D eigenvalue weighted by Gasteiger charge is 2.25. The smallest absolute Gasteiger partial charge is 0.376 e. The maximum atomic E-state index is 13.5. The monoisotopic (exact) mass is 468 g/mol. The molecule has 34 heavy (non-hydrogen) atoms. The number of nitrogens with zero attached hydrogens (tertiary/aromatic N) is 4. The largest absolute Gasteiger partial charge is 0.474 e. The molecule has 3 heterocycles. The summed E-state index contributed by atoms with van der Waals surface area (Å²) in [7, 11) is -0.460. The first-order chi connectivity index (χ1) is 16.4. The summed E-state index contributed by atoms with van der Waals surface area (Å²) in [5.41, 5.74) is 0.803. The highest BCUT2D eigenvalue weighted by Crippen LogP contribution is 2.24. The van der Waals surface area contributed by atoms with Crippen LogP contribution in [0.25, 0.3) is 0 Å². The van der Waals surface area contributed by atoms with Gasteiger partial charge in [0.15, 0.2) is 17.5 Å². The van der Waals surface area contributed by atoms with Gasteiger partial charge in [-0.1, -0.05) is 0 Å². The lowest BCUT2D eigenvalue weighted by molar-refractivity contribution is 0.102. The Morgan fingerprint density at radius 1 is 1.15 bits per heavy atom. The number of halogens is 2. The van der Waals surface area contributed by atoms with Crippen molar-refractivity contribution in [1.82, 2.24) is 19.8 Å². The van der Waals surface area contributed by atoms with Gasteiger partial charge in [0.2, 0.25) is 5.88 Å². The van der Waals surface area contributed by atoms with Crippen LogP contribution in [0.5, 0.6) is 5.88 Å². The van der Waals surface area contributed by atoms with Gasteiger partial charge in [-0.3, -0.25) is 4.79 Å². The van der Waals surface area contributed by atoms with Crippen LogP contribution in [0.4, 0.5) is 26.0 Å². The van der Waals surface area contributed by atoms with E-state index in [0.717, 1.165) is 38.1 Å². The molecule has 1 fully saturated rings. The Kier molecular flexibility index (Phi) is 7.29. The second-order valence-electron chi connectivity index (χ2n) is 7.86. The van der Waals surface area contributed by atoms with Crippen molar-refractivity contribution in [2.24, 2.45) is 0 Å². The van der Waals surface area contributed by atoms with Crippen molar-refractivity contribution in [3.05, 3.63) is 66.3 Å². The fourth-order valence-corrected chi connectivity index (χ4v) is 3.55. The number of hydrogen-bond donors (Lipinski definition) is 3. The van der Waals surface area contributed by atoms with Gasteiger partial charge in [0.05, 0.1) is 18.1 Å². The van der Waals surface area contributed by atoms with E-state index < -0.39 is 24.6 Å². The molecule has 12 heteroatoms. The fourth-order valence-electron chi connectivity index (χ4n) is 3.55. The first-order valence-corrected chi connectivity index (χ1v) is 10.8. The van der Waals surface area contributed by atoms with E-state index in [9.17, 15) is 18.6 Å². The van der Waals surface area contributed by atoms with E-state index in [-0.39, 0.29) is 17.4 Å². The van der Waals surface area contributed by atoms with Crippen molar-refractivity contribution in [2.75, 3.05) is 23.7 Å². The van der Waals surface area contributed by atoms with Gasteiger partial charge >= 0.3 is 7.05 Å². The van der Waals surface area contributed by atoms with Crippen molar-refractivity contribution in [1.29, 1.82) is 0 Å². The Balaban J connectivity index is 1.38. The average molecular weight is 468 g/mol. The van der Waals surface area contributed by atoms with E-state index in [1.165, 1.54) is 18.6 Å². The van der Waals surface area contributed by atoms with Crippen molar-refractivity contribution in [3.8, 4) is 5.88 Å². The van der Waals surface area contributed by atoms with E-state index >= 15 is 0 Å². The molecule has 0 unspecified atom stereocenters. The summed E-state index contributed by atoms with van der Waals surface area (Å²) in [5, 5.41) is 15.3. The number of rotatable bonds is 7. The molecule has 0 saturated carbocycles. The quantitative estimate of drug-likeness (QED) is 0.454. The highest BCUT2D eigenvalue weighted by atomic mass is 19.2. The van der Waals surface area contributed by atoms with Crippen molar-refractivity contribution in [2.45, 2.75) is 25.8 Å². The van der Waals surface area contributed by atoms with Gasteiger partial charge in [-0.15, -0.1) is 0 Å². The number of piperidine rings is 1. The van der Waals surface area contributed by atoms with Crippen molar-refractivity contribution < 1.29 is 23.3 Å². The average Bonchev–Trinajstić information content (AvgIpc) is 2.83. The van der Waals surface area contributed by atoms with Crippen molar-refractivity contribution >= 4 is 30.2 Å². The van der Waals surface area contributed by atoms with Gasteiger partial charge in [-0.05, 0) is 57.0 Å². The minimum Gasteiger partial charge on any atom is -0.474 e. The minimum absolute atomic E-state index is 0.0290. The molecule has 2 aromatic heterocycles. The maximum Gasteiger partial charge on any atom is 0.376 e. The van der Waals surface area contributed by atoms with Crippen LogP contribution in [0, 0.1) is 11.6 Å². The molecule has 9 nitrogen and oxygen atoms in total. The minimum atomic E-state index is -1.11. The molecule has 1 aromatic carbocycles. The first kappa shape index (κ1) is 23.5. The standard InChI is InChI=1S/C22H23BF2N6O3/c1-23(33)31-8-6-16(7-9-31)34-20-5-3-15(11-27-20)29-21-19(12-26-13-28-21)30-22(32)14-2-4-17(24)18(25)10-14/h2-5,10-13,16,33H,6-9H2,1H3,(H,30,32)(H,26,28,29). The molecule has 1 saturated heterocycles. The number of hydrogen-bond acceptors (Lipinski definition) is 8. The Morgan fingerprint density at radius 2 is 1.94 bits per heavy atom. The normalized spacial score (nSPS) is 14.5. The summed E-state index contributed by atoms with van der Waals surface area (Å²) in [4.78, 5) is 26.8. The summed E-state index contributed by atoms with van der Waals surface area (Å²) >= 11 is 0. The number of carbonyl (C=O) groups is 1. The summed E-state index contributed by atoms with van der Waals surface area (Å²) < 4.78 is 32.5. The lowest BCUT2D eigenvalue weighted by atomic mass is 9.82. The van der Waals surface area contributed by atoms with Crippen LogP contribution in [0.2, 0.25) is 6.82 Å². The van der Waals surface area contributed by atoms with E-state index in [4.69, 9.17) is 4.74 Å². The van der Waals surface area contributed by atoms with Crippen LogP contribution >= 0.6 is 0 Å². The van der Waals surface area contributed by atoms with E-state index in [2.05, 4.69) is 25.6 Å². The van der Waals surface area contributed by atoms with Gasteiger partial charge in [0.25, 0.3) is 5.91 Å². The molecule has 1 aliphatic rings. The third kappa shape index (κ3) is 5.83. The van der Waals surface area contributed by atoms with Gasteiger partial charge in [0, 0.05) is 11.6 Å².